The molecule has 0 aliphatic heterocycles. The molecule has 4 nitrogen and oxygen atoms in total. The van der Waals surface area contributed by atoms with E-state index in [0.717, 1.165) is 12.0 Å². The zero-order valence-electron chi connectivity index (χ0n) is 8.70. The van der Waals surface area contributed by atoms with Gasteiger partial charge in [0.15, 0.2) is 0 Å². The van der Waals surface area contributed by atoms with Gasteiger partial charge in [-0.25, -0.2) is 0 Å². The van der Waals surface area contributed by atoms with E-state index in [4.69, 9.17) is 11.5 Å². The van der Waals surface area contributed by atoms with Crippen LogP contribution in [0.3, 0.4) is 0 Å². The Morgan fingerprint density at radius 3 is 2.87 bits per heavy atom. The summed E-state index contributed by atoms with van der Waals surface area (Å²) >= 11 is 0. The van der Waals surface area contributed by atoms with Crippen molar-refractivity contribution in [1.29, 1.82) is 0 Å². The van der Waals surface area contributed by atoms with Crippen LogP contribution in [0.2, 0.25) is 0 Å². The molecular weight excluding hydrogens is 190 g/mol. The maximum atomic E-state index is 11.3. The average molecular weight is 207 g/mol. The van der Waals surface area contributed by atoms with E-state index >= 15 is 0 Å². The van der Waals surface area contributed by atoms with E-state index in [0.29, 0.717) is 25.2 Å². The molecule has 0 heterocycles. The Balaban J connectivity index is 2.33. The molecule has 0 atom stereocenters. The van der Waals surface area contributed by atoms with E-state index in [1.165, 1.54) is 0 Å². The summed E-state index contributed by atoms with van der Waals surface area (Å²) in [6.45, 7) is 1.07. The van der Waals surface area contributed by atoms with Gasteiger partial charge in [-0.15, -0.1) is 0 Å². The number of hydrogen-bond donors (Lipinski definition) is 3. The summed E-state index contributed by atoms with van der Waals surface area (Å²) in [6.07, 6.45) is 1.21. The Bertz CT molecular complexity index is 325. The van der Waals surface area contributed by atoms with Gasteiger partial charge in [-0.1, -0.05) is 12.1 Å². The van der Waals surface area contributed by atoms with Crippen molar-refractivity contribution in [2.24, 2.45) is 5.73 Å². The molecular formula is C11H17N3O. The Labute approximate surface area is 89.6 Å². The Morgan fingerprint density at radius 1 is 1.40 bits per heavy atom. The largest absolute Gasteiger partial charge is 0.399 e. The van der Waals surface area contributed by atoms with Crippen LogP contribution in [0.4, 0.5) is 5.69 Å². The fourth-order valence-electron chi connectivity index (χ4n) is 1.25. The van der Waals surface area contributed by atoms with Crippen LogP contribution in [0, 0.1) is 0 Å². The van der Waals surface area contributed by atoms with E-state index in [1.54, 1.807) is 0 Å². The number of carbonyl (C=O) groups excluding carboxylic acids is 1. The van der Waals surface area contributed by atoms with Gasteiger partial charge in [0.2, 0.25) is 5.91 Å². The van der Waals surface area contributed by atoms with E-state index in [1.807, 2.05) is 24.3 Å². The molecule has 0 radical (unpaired) electrons. The normalized spacial score (nSPS) is 9.93. The zero-order valence-corrected chi connectivity index (χ0v) is 8.70. The van der Waals surface area contributed by atoms with Gasteiger partial charge in [0, 0.05) is 18.7 Å². The first kappa shape index (κ1) is 11.5. The van der Waals surface area contributed by atoms with E-state index in [9.17, 15) is 4.79 Å². The first-order chi connectivity index (χ1) is 7.22. The zero-order chi connectivity index (χ0) is 11.1. The molecule has 0 unspecified atom stereocenters. The van der Waals surface area contributed by atoms with Crippen LogP contribution in [0.1, 0.15) is 18.4 Å². The second kappa shape index (κ2) is 6.03. The van der Waals surface area contributed by atoms with E-state index in [2.05, 4.69) is 5.32 Å². The molecule has 0 aromatic heterocycles. The van der Waals surface area contributed by atoms with Crippen LogP contribution < -0.4 is 16.8 Å². The summed E-state index contributed by atoms with van der Waals surface area (Å²) < 4.78 is 0. The molecule has 0 bridgehead atoms. The molecule has 5 N–H and O–H groups in total. The Kier molecular flexibility index (Phi) is 4.63. The highest BCUT2D eigenvalue weighted by molar-refractivity contribution is 5.75. The average Bonchev–Trinajstić information content (AvgIpc) is 2.23. The first-order valence-electron chi connectivity index (χ1n) is 5.03. The minimum atomic E-state index is 0.0304. The van der Waals surface area contributed by atoms with Gasteiger partial charge in [0.25, 0.3) is 0 Å². The van der Waals surface area contributed by atoms with Crippen molar-refractivity contribution in [2.45, 2.75) is 19.4 Å². The monoisotopic (exact) mass is 207 g/mol. The lowest BCUT2D eigenvalue weighted by atomic mass is 10.2. The molecule has 1 rings (SSSR count). The molecule has 0 aliphatic rings. The number of amides is 1. The van der Waals surface area contributed by atoms with Gasteiger partial charge >= 0.3 is 0 Å². The lowest BCUT2D eigenvalue weighted by Gasteiger charge is -2.05. The third-order valence-corrected chi connectivity index (χ3v) is 2.05. The highest BCUT2D eigenvalue weighted by Crippen LogP contribution is 2.05. The molecule has 1 aromatic rings. The Hall–Kier alpha value is -1.55. The number of anilines is 1. The predicted octanol–water partition coefficient (Wildman–Crippen LogP) is 0.624. The Morgan fingerprint density at radius 2 is 2.20 bits per heavy atom. The predicted molar refractivity (Wildman–Crippen MR) is 61.0 cm³/mol. The fourth-order valence-corrected chi connectivity index (χ4v) is 1.25. The molecule has 15 heavy (non-hydrogen) atoms. The molecule has 0 saturated heterocycles. The second-order valence-electron chi connectivity index (χ2n) is 3.41. The van der Waals surface area contributed by atoms with Crippen LogP contribution in [0.25, 0.3) is 0 Å². The summed E-state index contributed by atoms with van der Waals surface area (Å²) in [5.41, 5.74) is 12.6. The van der Waals surface area contributed by atoms with Gasteiger partial charge in [-0.05, 0) is 30.7 Å². The topological polar surface area (TPSA) is 81.1 Å². The van der Waals surface area contributed by atoms with Gasteiger partial charge in [-0.3, -0.25) is 4.79 Å². The van der Waals surface area contributed by atoms with Gasteiger partial charge < -0.3 is 16.8 Å². The highest BCUT2D eigenvalue weighted by Gasteiger charge is 2.00. The summed E-state index contributed by atoms with van der Waals surface area (Å²) in [5.74, 6) is 0.0304. The molecule has 1 amide bonds. The quantitative estimate of drug-likeness (QED) is 0.619. The molecule has 82 valence electrons. The van der Waals surface area contributed by atoms with Crippen molar-refractivity contribution in [3.05, 3.63) is 29.8 Å². The summed E-state index contributed by atoms with van der Waals surface area (Å²) in [4.78, 5) is 11.3. The van der Waals surface area contributed by atoms with E-state index in [-0.39, 0.29) is 5.91 Å². The number of nitrogens with one attached hydrogen (secondary N) is 1. The van der Waals surface area contributed by atoms with Gasteiger partial charge in [-0.2, -0.15) is 0 Å². The maximum absolute atomic E-state index is 11.3. The van der Waals surface area contributed by atoms with Crippen molar-refractivity contribution in [2.75, 3.05) is 12.3 Å². The molecule has 0 saturated carbocycles. The SMILES string of the molecule is NCCCC(=O)NCc1cccc(N)c1. The highest BCUT2D eigenvalue weighted by atomic mass is 16.1. The smallest absolute Gasteiger partial charge is 0.220 e. The fraction of sp³-hybridized carbons (Fsp3) is 0.364. The van der Waals surface area contributed by atoms with Crippen LogP contribution in [-0.4, -0.2) is 12.5 Å². The van der Waals surface area contributed by atoms with E-state index < -0.39 is 0 Å². The summed E-state index contributed by atoms with van der Waals surface area (Å²) in [5, 5.41) is 2.81. The third kappa shape index (κ3) is 4.46. The molecule has 4 heteroatoms. The van der Waals surface area contributed by atoms with Crippen LogP contribution in [0.5, 0.6) is 0 Å². The van der Waals surface area contributed by atoms with Crippen molar-refractivity contribution >= 4 is 11.6 Å². The number of rotatable bonds is 5. The minimum absolute atomic E-state index is 0.0304. The maximum Gasteiger partial charge on any atom is 0.220 e. The molecule has 0 fully saturated rings. The molecule has 1 aromatic carbocycles. The van der Waals surface area contributed by atoms with Crippen molar-refractivity contribution in [1.82, 2.24) is 5.32 Å². The van der Waals surface area contributed by atoms with Gasteiger partial charge in [0.1, 0.15) is 0 Å². The molecule has 0 spiro atoms. The van der Waals surface area contributed by atoms with Crippen molar-refractivity contribution in [3.63, 3.8) is 0 Å². The van der Waals surface area contributed by atoms with Crippen LogP contribution in [-0.2, 0) is 11.3 Å². The number of nitrogens with two attached hydrogens (primary N) is 2. The van der Waals surface area contributed by atoms with Crippen LogP contribution >= 0.6 is 0 Å². The van der Waals surface area contributed by atoms with Gasteiger partial charge in [0.05, 0.1) is 0 Å². The first-order valence-corrected chi connectivity index (χ1v) is 5.03. The third-order valence-electron chi connectivity index (χ3n) is 2.05. The lowest BCUT2D eigenvalue weighted by molar-refractivity contribution is -0.121. The number of nitrogen functional groups attached to an aromatic ring is 1. The second-order valence-corrected chi connectivity index (χ2v) is 3.41. The number of carbonyl (C=O) groups is 1. The summed E-state index contributed by atoms with van der Waals surface area (Å²) in [7, 11) is 0. The standard InChI is InChI=1S/C11H17N3O/c12-6-2-5-11(15)14-8-9-3-1-4-10(13)7-9/h1,3-4,7H,2,5-6,8,12-13H2,(H,14,15). The molecule has 0 aliphatic carbocycles. The lowest BCUT2D eigenvalue weighted by Crippen LogP contribution is -2.23. The number of benzene rings is 1. The van der Waals surface area contributed by atoms with Crippen molar-refractivity contribution in [3.8, 4) is 0 Å². The minimum Gasteiger partial charge on any atom is -0.399 e. The number of hydrogen-bond acceptors (Lipinski definition) is 3. The van der Waals surface area contributed by atoms with Crippen LogP contribution in [0.15, 0.2) is 24.3 Å². The summed E-state index contributed by atoms with van der Waals surface area (Å²) in [6, 6.07) is 7.47. The van der Waals surface area contributed by atoms with Crippen molar-refractivity contribution < 1.29 is 4.79 Å².